The minimum absolute atomic E-state index is 0.643. The Morgan fingerprint density at radius 2 is 2.16 bits per heavy atom. The van der Waals surface area contributed by atoms with E-state index in [-0.39, 0.29) is 0 Å². The summed E-state index contributed by atoms with van der Waals surface area (Å²) >= 11 is 1.89. The molecule has 0 aliphatic heterocycles. The van der Waals surface area contributed by atoms with E-state index in [9.17, 15) is 0 Å². The highest BCUT2D eigenvalue weighted by atomic mass is 32.2. The predicted molar refractivity (Wildman–Crippen MR) is 84.7 cm³/mol. The first-order valence-corrected chi connectivity index (χ1v) is 8.22. The molecule has 2 rings (SSSR count). The van der Waals surface area contributed by atoms with E-state index < -0.39 is 0 Å². The van der Waals surface area contributed by atoms with Crippen LogP contribution in [0.15, 0.2) is 24.3 Å². The minimum atomic E-state index is 0.643. The number of nitrogens with zero attached hydrogens (tertiary/aromatic N) is 2. The van der Waals surface area contributed by atoms with Crippen LogP contribution in [0.2, 0.25) is 0 Å². The van der Waals surface area contributed by atoms with E-state index >= 15 is 0 Å². The third-order valence-corrected chi connectivity index (χ3v) is 4.27. The molecule has 3 nitrogen and oxygen atoms in total. The standard InChI is InChI=1S/C15H23N3S/c1-4-9-18-14-8-6-5-7-13(14)17-15(18)11-16-10-12(2)19-3/h5-8,12,16H,4,9-11H2,1-3H3. The van der Waals surface area contributed by atoms with Gasteiger partial charge in [-0.3, -0.25) is 0 Å². The second-order valence-electron chi connectivity index (χ2n) is 4.85. The van der Waals surface area contributed by atoms with Gasteiger partial charge in [-0.2, -0.15) is 11.8 Å². The summed E-state index contributed by atoms with van der Waals surface area (Å²) in [6, 6.07) is 8.39. The van der Waals surface area contributed by atoms with Gasteiger partial charge >= 0.3 is 0 Å². The Kier molecular flexibility index (Phi) is 5.28. The van der Waals surface area contributed by atoms with E-state index in [1.165, 1.54) is 5.52 Å². The highest BCUT2D eigenvalue weighted by Gasteiger charge is 2.09. The second-order valence-corrected chi connectivity index (χ2v) is 6.12. The highest BCUT2D eigenvalue weighted by Crippen LogP contribution is 2.16. The van der Waals surface area contributed by atoms with Gasteiger partial charge in [-0.05, 0) is 24.8 Å². The number of aryl methyl sites for hydroxylation is 1. The fourth-order valence-corrected chi connectivity index (χ4v) is 2.49. The number of hydrogen-bond donors (Lipinski definition) is 1. The summed E-state index contributed by atoms with van der Waals surface area (Å²) < 4.78 is 2.34. The lowest BCUT2D eigenvalue weighted by atomic mass is 10.3. The molecule has 0 amide bonds. The molecule has 0 aliphatic rings. The van der Waals surface area contributed by atoms with Crippen LogP contribution in [0.25, 0.3) is 11.0 Å². The van der Waals surface area contributed by atoms with Crippen molar-refractivity contribution < 1.29 is 0 Å². The summed E-state index contributed by atoms with van der Waals surface area (Å²) in [7, 11) is 0. The van der Waals surface area contributed by atoms with Gasteiger partial charge in [-0.15, -0.1) is 0 Å². The van der Waals surface area contributed by atoms with Crippen LogP contribution >= 0.6 is 11.8 Å². The molecule has 0 fully saturated rings. The van der Waals surface area contributed by atoms with E-state index in [0.717, 1.165) is 37.4 Å². The number of para-hydroxylation sites is 2. The van der Waals surface area contributed by atoms with Crippen molar-refractivity contribution in [2.75, 3.05) is 12.8 Å². The fraction of sp³-hybridized carbons (Fsp3) is 0.533. The molecule has 4 heteroatoms. The number of hydrogen-bond acceptors (Lipinski definition) is 3. The molecule has 0 saturated heterocycles. The van der Waals surface area contributed by atoms with Gasteiger partial charge in [0, 0.05) is 18.3 Å². The van der Waals surface area contributed by atoms with E-state index in [0.29, 0.717) is 5.25 Å². The Morgan fingerprint density at radius 3 is 2.89 bits per heavy atom. The third-order valence-electron chi connectivity index (χ3n) is 3.30. The number of aromatic nitrogens is 2. The molecule has 1 atom stereocenters. The molecule has 0 aliphatic carbocycles. The summed E-state index contributed by atoms with van der Waals surface area (Å²) in [6.45, 7) is 7.36. The lowest BCUT2D eigenvalue weighted by Gasteiger charge is -2.11. The molecule has 0 bridgehead atoms. The van der Waals surface area contributed by atoms with Crippen molar-refractivity contribution in [3.05, 3.63) is 30.1 Å². The van der Waals surface area contributed by atoms with Crippen LogP contribution in [0.1, 0.15) is 26.1 Å². The summed E-state index contributed by atoms with van der Waals surface area (Å²) in [6.07, 6.45) is 3.28. The molecular weight excluding hydrogens is 254 g/mol. The first-order valence-electron chi connectivity index (χ1n) is 6.94. The molecule has 0 saturated carbocycles. The van der Waals surface area contributed by atoms with Crippen molar-refractivity contribution in [3.8, 4) is 0 Å². The zero-order chi connectivity index (χ0) is 13.7. The fourth-order valence-electron chi connectivity index (χ4n) is 2.20. The van der Waals surface area contributed by atoms with Gasteiger partial charge in [-0.1, -0.05) is 26.0 Å². The van der Waals surface area contributed by atoms with E-state index in [2.05, 4.69) is 54.3 Å². The van der Waals surface area contributed by atoms with E-state index in [4.69, 9.17) is 4.98 Å². The SMILES string of the molecule is CCCn1c(CNCC(C)SC)nc2ccccc21. The van der Waals surface area contributed by atoms with Gasteiger partial charge in [0.1, 0.15) is 5.82 Å². The Bertz CT molecular complexity index is 521. The molecule has 19 heavy (non-hydrogen) atoms. The smallest absolute Gasteiger partial charge is 0.123 e. The Balaban J connectivity index is 2.14. The average Bonchev–Trinajstić information content (AvgIpc) is 2.77. The quantitative estimate of drug-likeness (QED) is 0.842. The van der Waals surface area contributed by atoms with Crippen molar-refractivity contribution in [3.63, 3.8) is 0 Å². The van der Waals surface area contributed by atoms with Gasteiger partial charge in [0.15, 0.2) is 0 Å². The molecule has 0 spiro atoms. The number of thioether (sulfide) groups is 1. The number of rotatable bonds is 7. The lowest BCUT2D eigenvalue weighted by Crippen LogP contribution is -2.24. The Morgan fingerprint density at radius 1 is 1.37 bits per heavy atom. The van der Waals surface area contributed by atoms with Crippen LogP contribution in [0.3, 0.4) is 0 Å². The van der Waals surface area contributed by atoms with Crippen molar-refractivity contribution >= 4 is 22.8 Å². The highest BCUT2D eigenvalue weighted by molar-refractivity contribution is 7.99. The predicted octanol–water partition coefficient (Wildman–Crippen LogP) is 3.29. The van der Waals surface area contributed by atoms with Gasteiger partial charge in [0.2, 0.25) is 0 Å². The molecule has 1 aromatic heterocycles. The maximum Gasteiger partial charge on any atom is 0.123 e. The lowest BCUT2D eigenvalue weighted by molar-refractivity contribution is 0.598. The molecule has 0 radical (unpaired) electrons. The first-order chi connectivity index (χ1) is 9.26. The molecule has 1 N–H and O–H groups in total. The number of imidazole rings is 1. The van der Waals surface area contributed by atoms with Gasteiger partial charge in [0.25, 0.3) is 0 Å². The van der Waals surface area contributed by atoms with Crippen LogP contribution in [-0.4, -0.2) is 27.6 Å². The first kappa shape index (κ1) is 14.4. The van der Waals surface area contributed by atoms with Crippen molar-refractivity contribution in [2.45, 2.75) is 38.6 Å². The van der Waals surface area contributed by atoms with Crippen LogP contribution in [0, 0.1) is 0 Å². The summed E-state index contributed by atoms with van der Waals surface area (Å²) in [5.74, 6) is 1.15. The van der Waals surface area contributed by atoms with Crippen LogP contribution < -0.4 is 5.32 Å². The zero-order valence-electron chi connectivity index (χ0n) is 12.0. The van der Waals surface area contributed by atoms with Crippen LogP contribution in [-0.2, 0) is 13.1 Å². The van der Waals surface area contributed by atoms with Gasteiger partial charge in [0.05, 0.1) is 17.6 Å². The molecule has 104 valence electrons. The molecule has 1 heterocycles. The second kappa shape index (κ2) is 6.96. The normalized spacial score (nSPS) is 13.0. The topological polar surface area (TPSA) is 29.9 Å². The summed E-state index contributed by atoms with van der Waals surface area (Å²) in [4.78, 5) is 4.75. The Hall–Kier alpha value is -1.00. The maximum absolute atomic E-state index is 4.75. The Labute approximate surface area is 119 Å². The van der Waals surface area contributed by atoms with Gasteiger partial charge < -0.3 is 9.88 Å². The van der Waals surface area contributed by atoms with Crippen LogP contribution in [0.5, 0.6) is 0 Å². The average molecular weight is 277 g/mol. The minimum Gasteiger partial charge on any atom is -0.327 e. The van der Waals surface area contributed by atoms with Crippen molar-refractivity contribution in [2.24, 2.45) is 0 Å². The number of benzene rings is 1. The summed E-state index contributed by atoms with van der Waals surface area (Å²) in [5, 5.41) is 4.15. The third kappa shape index (κ3) is 3.51. The van der Waals surface area contributed by atoms with Crippen molar-refractivity contribution in [1.82, 2.24) is 14.9 Å². The number of fused-ring (bicyclic) bond motifs is 1. The van der Waals surface area contributed by atoms with E-state index in [1.807, 2.05) is 11.8 Å². The number of nitrogens with one attached hydrogen (secondary N) is 1. The molecule has 2 aromatic rings. The molecule has 1 aromatic carbocycles. The summed E-state index contributed by atoms with van der Waals surface area (Å²) in [5.41, 5.74) is 2.35. The molecular formula is C15H23N3S. The largest absolute Gasteiger partial charge is 0.327 e. The molecule has 1 unspecified atom stereocenters. The zero-order valence-corrected chi connectivity index (χ0v) is 12.8. The van der Waals surface area contributed by atoms with Crippen molar-refractivity contribution in [1.29, 1.82) is 0 Å². The van der Waals surface area contributed by atoms with Crippen LogP contribution in [0.4, 0.5) is 0 Å². The van der Waals surface area contributed by atoms with Gasteiger partial charge in [-0.25, -0.2) is 4.98 Å². The maximum atomic E-state index is 4.75. The monoisotopic (exact) mass is 277 g/mol. The van der Waals surface area contributed by atoms with E-state index in [1.54, 1.807) is 0 Å².